The summed E-state index contributed by atoms with van der Waals surface area (Å²) in [6.07, 6.45) is 4.62. The van der Waals surface area contributed by atoms with Gasteiger partial charge < -0.3 is 9.64 Å². The van der Waals surface area contributed by atoms with E-state index < -0.39 is 15.7 Å². The molecule has 2 saturated heterocycles. The fourth-order valence-electron chi connectivity index (χ4n) is 3.56. The van der Waals surface area contributed by atoms with Crippen molar-refractivity contribution in [3.8, 4) is 0 Å². The number of nitrogens with zero attached hydrogens (tertiary/aromatic N) is 4. The van der Waals surface area contributed by atoms with Gasteiger partial charge in [-0.15, -0.1) is 0 Å². The predicted molar refractivity (Wildman–Crippen MR) is 92.5 cm³/mol. The van der Waals surface area contributed by atoms with Crippen LogP contribution in [-0.4, -0.2) is 54.7 Å². The van der Waals surface area contributed by atoms with E-state index in [2.05, 4.69) is 14.9 Å². The highest BCUT2D eigenvalue weighted by atomic mass is 32.2. The summed E-state index contributed by atoms with van der Waals surface area (Å²) in [6, 6.07) is 10.3. The minimum atomic E-state index is -3.57. The first-order valence-corrected chi connectivity index (χ1v) is 9.80. The van der Waals surface area contributed by atoms with Gasteiger partial charge in [-0.3, -0.25) is 0 Å². The smallest absolute Gasteiger partial charge is 0.245 e. The number of anilines is 1. The van der Waals surface area contributed by atoms with Crippen molar-refractivity contribution in [2.75, 3.05) is 31.1 Å². The Bertz CT molecular complexity index is 821. The quantitative estimate of drug-likeness (QED) is 0.826. The van der Waals surface area contributed by atoms with Crippen molar-refractivity contribution in [3.63, 3.8) is 0 Å². The molecule has 2 fully saturated rings. The van der Waals surface area contributed by atoms with Gasteiger partial charge in [0.2, 0.25) is 16.0 Å². The van der Waals surface area contributed by atoms with E-state index in [0.29, 0.717) is 49.9 Å². The Morgan fingerprint density at radius 3 is 2.32 bits per heavy atom. The van der Waals surface area contributed by atoms with Gasteiger partial charge in [-0.25, -0.2) is 18.4 Å². The zero-order chi connectivity index (χ0) is 17.3. The van der Waals surface area contributed by atoms with E-state index in [1.165, 1.54) is 0 Å². The minimum Gasteiger partial charge on any atom is -0.358 e. The number of piperidine rings is 1. The molecule has 1 aromatic carbocycles. The maximum atomic E-state index is 13.1. The normalized spacial score (nSPS) is 20.9. The van der Waals surface area contributed by atoms with Crippen molar-refractivity contribution in [3.05, 3.63) is 48.8 Å². The Morgan fingerprint density at radius 2 is 1.64 bits per heavy atom. The molecule has 2 aliphatic rings. The highest BCUT2D eigenvalue weighted by Crippen LogP contribution is 2.38. The van der Waals surface area contributed by atoms with Gasteiger partial charge in [-0.05, 0) is 18.2 Å². The van der Waals surface area contributed by atoms with Gasteiger partial charge in [-0.2, -0.15) is 4.31 Å². The molecular formula is C17H20N4O3S. The Balaban J connectivity index is 1.56. The van der Waals surface area contributed by atoms with E-state index in [1.54, 1.807) is 47.0 Å². The topological polar surface area (TPSA) is 75.6 Å². The van der Waals surface area contributed by atoms with Crippen LogP contribution < -0.4 is 4.90 Å². The zero-order valence-corrected chi connectivity index (χ0v) is 14.6. The lowest BCUT2D eigenvalue weighted by molar-refractivity contribution is -0.0665. The summed E-state index contributed by atoms with van der Waals surface area (Å²) in [6.45, 7) is 2.13. The third-order valence-corrected chi connectivity index (χ3v) is 6.79. The van der Waals surface area contributed by atoms with Crippen LogP contribution in [0.25, 0.3) is 0 Å². The van der Waals surface area contributed by atoms with Crippen LogP contribution in [0.4, 0.5) is 5.95 Å². The molecule has 132 valence electrons. The Morgan fingerprint density at radius 1 is 0.960 bits per heavy atom. The highest BCUT2D eigenvalue weighted by molar-refractivity contribution is 7.89. The summed E-state index contributed by atoms with van der Waals surface area (Å²) in [4.78, 5) is 10.9. The third-order valence-electron chi connectivity index (χ3n) is 4.83. The molecule has 0 atom stereocenters. The highest BCUT2D eigenvalue weighted by Gasteiger charge is 2.50. The first kappa shape index (κ1) is 16.4. The molecule has 0 aliphatic carbocycles. The van der Waals surface area contributed by atoms with Gasteiger partial charge in [-0.1, -0.05) is 18.2 Å². The second-order valence-electron chi connectivity index (χ2n) is 6.22. The molecule has 0 bridgehead atoms. The molecule has 0 saturated carbocycles. The molecule has 7 nitrogen and oxygen atoms in total. The number of hydrogen-bond donors (Lipinski definition) is 0. The number of sulfonamides is 1. The van der Waals surface area contributed by atoms with Crippen LogP contribution in [0.5, 0.6) is 0 Å². The fourth-order valence-corrected chi connectivity index (χ4v) is 5.30. The van der Waals surface area contributed by atoms with Gasteiger partial charge in [0.15, 0.2) is 0 Å². The van der Waals surface area contributed by atoms with Crippen LogP contribution in [0.15, 0.2) is 53.7 Å². The number of rotatable bonds is 3. The lowest BCUT2D eigenvalue weighted by atomic mass is 10.0. The van der Waals surface area contributed by atoms with Crippen molar-refractivity contribution in [2.24, 2.45) is 0 Å². The van der Waals surface area contributed by atoms with Gasteiger partial charge >= 0.3 is 0 Å². The van der Waals surface area contributed by atoms with Crippen molar-refractivity contribution in [2.45, 2.75) is 23.5 Å². The molecule has 1 spiro atoms. The van der Waals surface area contributed by atoms with E-state index in [-0.39, 0.29) is 0 Å². The van der Waals surface area contributed by atoms with Gasteiger partial charge in [0, 0.05) is 44.9 Å². The van der Waals surface area contributed by atoms with Gasteiger partial charge in [0.25, 0.3) is 0 Å². The Labute approximate surface area is 147 Å². The van der Waals surface area contributed by atoms with Crippen LogP contribution in [0.3, 0.4) is 0 Å². The summed E-state index contributed by atoms with van der Waals surface area (Å²) >= 11 is 0. The molecule has 25 heavy (non-hydrogen) atoms. The summed E-state index contributed by atoms with van der Waals surface area (Å²) in [7, 11) is -3.57. The molecule has 2 aliphatic heterocycles. The standard InChI is InChI=1S/C17H20N4O3S/c22-25(23,15-5-2-1-3-6-15)21-13-14-24-17(21)7-11-20(12-8-17)16-18-9-4-10-19-16/h1-6,9-10H,7-8,11-14H2. The SMILES string of the molecule is O=S(=O)(c1ccccc1)N1CCOC12CCN(c1ncccn1)CC2. The third kappa shape index (κ3) is 2.90. The maximum absolute atomic E-state index is 13.1. The van der Waals surface area contributed by atoms with Crippen LogP contribution in [0.2, 0.25) is 0 Å². The minimum absolute atomic E-state index is 0.314. The van der Waals surface area contributed by atoms with E-state index in [4.69, 9.17) is 4.74 Å². The number of hydrogen-bond acceptors (Lipinski definition) is 6. The first-order valence-electron chi connectivity index (χ1n) is 8.36. The number of aromatic nitrogens is 2. The molecule has 0 unspecified atom stereocenters. The molecule has 2 aromatic rings. The van der Waals surface area contributed by atoms with Crippen molar-refractivity contribution < 1.29 is 13.2 Å². The maximum Gasteiger partial charge on any atom is 0.245 e. The summed E-state index contributed by atoms with van der Waals surface area (Å²) in [5, 5.41) is 0. The average molecular weight is 360 g/mol. The second kappa shape index (κ2) is 6.36. The summed E-state index contributed by atoms with van der Waals surface area (Å²) < 4.78 is 33.6. The van der Waals surface area contributed by atoms with Crippen molar-refractivity contribution >= 4 is 16.0 Å². The molecular weight excluding hydrogens is 340 g/mol. The predicted octanol–water partition coefficient (Wildman–Crippen LogP) is 1.49. The van der Waals surface area contributed by atoms with Gasteiger partial charge in [0.05, 0.1) is 11.5 Å². The molecule has 3 heterocycles. The Kier molecular flexibility index (Phi) is 4.18. The van der Waals surface area contributed by atoms with E-state index in [9.17, 15) is 8.42 Å². The van der Waals surface area contributed by atoms with Crippen LogP contribution in [-0.2, 0) is 14.8 Å². The van der Waals surface area contributed by atoms with Gasteiger partial charge in [0.1, 0.15) is 5.72 Å². The van der Waals surface area contributed by atoms with E-state index in [0.717, 1.165) is 0 Å². The zero-order valence-electron chi connectivity index (χ0n) is 13.8. The van der Waals surface area contributed by atoms with Crippen LogP contribution in [0, 0.1) is 0 Å². The first-order chi connectivity index (χ1) is 12.1. The molecule has 0 radical (unpaired) electrons. The summed E-state index contributed by atoms with van der Waals surface area (Å²) in [5.74, 6) is 0.674. The molecule has 0 N–H and O–H groups in total. The number of ether oxygens (including phenoxy) is 1. The molecule has 8 heteroatoms. The largest absolute Gasteiger partial charge is 0.358 e. The molecule has 1 aromatic heterocycles. The molecule has 0 amide bonds. The van der Waals surface area contributed by atoms with E-state index in [1.807, 2.05) is 6.07 Å². The van der Waals surface area contributed by atoms with Crippen molar-refractivity contribution in [1.82, 2.24) is 14.3 Å². The second-order valence-corrected chi connectivity index (χ2v) is 8.08. The fraction of sp³-hybridized carbons (Fsp3) is 0.412. The van der Waals surface area contributed by atoms with Crippen LogP contribution >= 0.6 is 0 Å². The van der Waals surface area contributed by atoms with E-state index >= 15 is 0 Å². The monoisotopic (exact) mass is 360 g/mol. The lowest BCUT2D eigenvalue weighted by Crippen LogP contribution is -2.55. The summed E-state index contributed by atoms with van der Waals surface area (Å²) in [5.41, 5.74) is -0.764. The van der Waals surface area contributed by atoms with Crippen molar-refractivity contribution in [1.29, 1.82) is 0 Å². The lowest BCUT2D eigenvalue weighted by Gasteiger charge is -2.42. The van der Waals surface area contributed by atoms with Crippen LogP contribution in [0.1, 0.15) is 12.8 Å². The average Bonchev–Trinajstić information content (AvgIpc) is 3.08. The Hall–Kier alpha value is -2.03. The molecule has 4 rings (SSSR count). The number of benzene rings is 1.